The lowest BCUT2D eigenvalue weighted by Crippen LogP contribution is -2.50. The monoisotopic (exact) mass is 423 g/mol. The number of unbranched alkanes of at least 4 members (excludes halogenated alkanes) is 1. The number of nitrogens with one attached hydrogen (secondary N) is 3. The van der Waals surface area contributed by atoms with E-state index in [9.17, 15) is 19.2 Å². The van der Waals surface area contributed by atoms with Crippen molar-refractivity contribution in [3.05, 3.63) is 71.8 Å². The van der Waals surface area contributed by atoms with Crippen LogP contribution in [0.2, 0.25) is 0 Å². The first kappa shape index (κ1) is 23.8. The molecule has 2 aromatic carbocycles. The van der Waals surface area contributed by atoms with Gasteiger partial charge in [0.1, 0.15) is 12.3 Å². The SMILES string of the molecule is CC(=O)NCCCC[C@H](NC(=O)c1ccccc1)C(=O)N[C@H](C=O)Cc1ccccc1. The number of aldehydes is 1. The summed E-state index contributed by atoms with van der Waals surface area (Å²) in [5.41, 5.74) is 1.38. The lowest BCUT2D eigenvalue weighted by atomic mass is 10.0. The number of hydrogen-bond donors (Lipinski definition) is 3. The van der Waals surface area contributed by atoms with Gasteiger partial charge in [-0.1, -0.05) is 48.5 Å². The first-order valence-corrected chi connectivity index (χ1v) is 10.4. The Morgan fingerprint density at radius 2 is 1.55 bits per heavy atom. The topological polar surface area (TPSA) is 104 Å². The van der Waals surface area contributed by atoms with Gasteiger partial charge in [0.15, 0.2) is 0 Å². The van der Waals surface area contributed by atoms with Gasteiger partial charge in [-0.15, -0.1) is 0 Å². The van der Waals surface area contributed by atoms with Crippen molar-refractivity contribution in [1.82, 2.24) is 16.0 Å². The number of rotatable bonds is 12. The van der Waals surface area contributed by atoms with Crippen molar-refractivity contribution >= 4 is 24.0 Å². The standard InChI is InChI=1S/C24H29N3O4/c1-18(29)25-15-9-8-14-22(27-23(30)20-12-6-3-7-13-20)24(31)26-21(17-28)16-19-10-4-2-5-11-19/h2-7,10-13,17,21-22H,8-9,14-16H2,1H3,(H,25,29)(H,26,31)(H,27,30)/t21-,22-/m0/s1. The quantitative estimate of drug-likeness (QED) is 0.359. The fraction of sp³-hybridized carbons (Fsp3) is 0.333. The maximum atomic E-state index is 12.9. The fourth-order valence-electron chi connectivity index (χ4n) is 3.12. The highest BCUT2D eigenvalue weighted by Gasteiger charge is 2.23. The molecule has 0 aromatic heterocycles. The Bertz CT molecular complexity index is 856. The molecule has 2 rings (SSSR count). The van der Waals surface area contributed by atoms with E-state index >= 15 is 0 Å². The van der Waals surface area contributed by atoms with Gasteiger partial charge < -0.3 is 20.7 Å². The summed E-state index contributed by atoms with van der Waals surface area (Å²) in [4.78, 5) is 48.0. The fourth-order valence-corrected chi connectivity index (χ4v) is 3.12. The van der Waals surface area contributed by atoms with E-state index in [0.717, 1.165) is 5.56 Å². The van der Waals surface area contributed by atoms with Crippen LogP contribution in [0.5, 0.6) is 0 Å². The summed E-state index contributed by atoms with van der Waals surface area (Å²) in [6.45, 7) is 1.95. The second-order valence-corrected chi connectivity index (χ2v) is 7.31. The minimum atomic E-state index is -0.789. The first-order chi connectivity index (χ1) is 15.0. The minimum absolute atomic E-state index is 0.110. The molecule has 0 fully saturated rings. The van der Waals surface area contributed by atoms with Gasteiger partial charge in [-0.2, -0.15) is 0 Å². The molecule has 3 amide bonds. The van der Waals surface area contributed by atoms with Crippen LogP contribution in [0.4, 0.5) is 0 Å². The summed E-state index contributed by atoms with van der Waals surface area (Å²) < 4.78 is 0. The second kappa shape index (κ2) is 13.0. The van der Waals surface area contributed by atoms with Gasteiger partial charge in [0.25, 0.3) is 5.91 Å². The molecule has 164 valence electrons. The van der Waals surface area contributed by atoms with Crippen molar-refractivity contribution in [2.24, 2.45) is 0 Å². The Balaban J connectivity index is 2.00. The Morgan fingerprint density at radius 3 is 2.16 bits per heavy atom. The molecule has 0 spiro atoms. The van der Waals surface area contributed by atoms with Crippen LogP contribution in [0.25, 0.3) is 0 Å². The Labute approximate surface area is 182 Å². The second-order valence-electron chi connectivity index (χ2n) is 7.31. The average molecular weight is 424 g/mol. The van der Waals surface area contributed by atoms with Crippen LogP contribution in [0.1, 0.15) is 42.1 Å². The molecule has 0 aliphatic rings. The predicted molar refractivity (Wildman–Crippen MR) is 118 cm³/mol. The molecule has 31 heavy (non-hydrogen) atoms. The van der Waals surface area contributed by atoms with Gasteiger partial charge in [-0.3, -0.25) is 14.4 Å². The summed E-state index contributed by atoms with van der Waals surface area (Å²) in [5.74, 6) is -0.869. The molecule has 7 heteroatoms. The molecule has 0 heterocycles. The van der Waals surface area contributed by atoms with Crippen LogP contribution in [0, 0.1) is 0 Å². The molecule has 0 aliphatic carbocycles. The van der Waals surface area contributed by atoms with Crippen molar-refractivity contribution in [2.45, 2.75) is 44.7 Å². The maximum Gasteiger partial charge on any atom is 0.251 e. The molecule has 2 atom stereocenters. The summed E-state index contributed by atoms with van der Waals surface area (Å²) in [5, 5.41) is 8.22. The van der Waals surface area contributed by atoms with Gasteiger partial charge in [0.05, 0.1) is 6.04 Å². The van der Waals surface area contributed by atoms with Crippen LogP contribution in [0.3, 0.4) is 0 Å². The lowest BCUT2D eigenvalue weighted by Gasteiger charge is -2.21. The number of carbonyl (C=O) groups is 4. The Morgan fingerprint density at radius 1 is 0.903 bits per heavy atom. The van der Waals surface area contributed by atoms with Crippen LogP contribution in [0.15, 0.2) is 60.7 Å². The van der Waals surface area contributed by atoms with Crippen molar-refractivity contribution in [3.8, 4) is 0 Å². The molecule has 0 saturated carbocycles. The minimum Gasteiger partial charge on any atom is -0.356 e. The number of carbonyl (C=O) groups excluding carboxylic acids is 4. The maximum absolute atomic E-state index is 12.9. The van der Waals surface area contributed by atoms with Gasteiger partial charge >= 0.3 is 0 Å². The van der Waals surface area contributed by atoms with Crippen LogP contribution in [-0.2, 0) is 20.8 Å². The van der Waals surface area contributed by atoms with Gasteiger partial charge in [-0.05, 0) is 43.4 Å². The highest BCUT2D eigenvalue weighted by Crippen LogP contribution is 2.07. The summed E-state index contributed by atoms with van der Waals surface area (Å²) in [7, 11) is 0. The third-order valence-corrected chi connectivity index (χ3v) is 4.74. The van der Waals surface area contributed by atoms with E-state index in [0.29, 0.717) is 44.1 Å². The molecule has 7 nitrogen and oxygen atoms in total. The van der Waals surface area contributed by atoms with Gasteiger partial charge in [-0.25, -0.2) is 0 Å². The third-order valence-electron chi connectivity index (χ3n) is 4.74. The molecule has 0 unspecified atom stereocenters. The molecule has 3 N–H and O–H groups in total. The van der Waals surface area contributed by atoms with Gasteiger partial charge in [0.2, 0.25) is 11.8 Å². The molecule has 0 radical (unpaired) electrons. The Hall–Kier alpha value is -3.48. The summed E-state index contributed by atoms with van der Waals surface area (Å²) in [6.07, 6.45) is 2.76. The molecule has 0 bridgehead atoms. The zero-order valence-electron chi connectivity index (χ0n) is 17.7. The zero-order chi connectivity index (χ0) is 22.5. The predicted octanol–water partition coefficient (Wildman–Crippen LogP) is 2.02. The van der Waals surface area contributed by atoms with E-state index in [1.807, 2.05) is 30.3 Å². The highest BCUT2D eigenvalue weighted by molar-refractivity contribution is 5.97. The van der Waals surface area contributed by atoms with E-state index in [-0.39, 0.29) is 11.8 Å². The first-order valence-electron chi connectivity index (χ1n) is 10.4. The van der Waals surface area contributed by atoms with Crippen molar-refractivity contribution in [3.63, 3.8) is 0 Å². The molecule has 0 saturated heterocycles. The molecule has 2 aromatic rings. The van der Waals surface area contributed by atoms with Crippen LogP contribution >= 0.6 is 0 Å². The summed E-state index contributed by atoms with van der Waals surface area (Å²) >= 11 is 0. The Kier molecular flexibility index (Phi) is 9.94. The van der Waals surface area contributed by atoms with Crippen molar-refractivity contribution < 1.29 is 19.2 Å². The molecular formula is C24H29N3O4. The third kappa shape index (κ3) is 8.82. The van der Waals surface area contributed by atoms with Gasteiger partial charge in [0, 0.05) is 19.0 Å². The normalized spacial score (nSPS) is 12.3. The number of hydrogen-bond acceptors (Lipinski definition) is 4. The lowest BCUT2D eigenvalue weighted by molar-refractivity contribution is -0.125. The van der Waals surface area contributed by atoms with E-state index in [4.69, 9.17) is 0 Å². The molecular weight excluding hydrogens is 394 g/mol. The smallest absolute Gasteiger partial charge is 0.251 e. The van der Waals surface area contributed by atoms with E-state index in [1.165, 1.54) is 6.92 Å². The van der Waals surface area contributed by atoms with Crippen LogP contribution in [-0.4, -0.2) is 42.6 Å². The van der Waals surface area contributed by atoms with Crippen LogP contribution < -0.4 is 16.0 Å². The zero-order valence-corrected chi connectivity index (χ0v) is 17.7. The van der Waals surface area contributed by atoms with Crippen molar-refractivity contribution in [2.75, 3.05) is 6.54 Å². The number of benzene rings is 2. The highest BCUT2D eigenvalue weighted by atomic mass is 16.2. The average Bonchev–Trinajstić information content (AvgIpc) is 2.78. The van der Waals surface area contributed by atoms with Crippen molar-refractivity contribution in [1.29, 1.82) is 0 Å². The number of amides is 3. The largest absolute Gasteiger partial charge is 0.356 e. The molecule has 0 aliphatic heterocycles. The summed E-state index contributed by atoms with van der Waals surface area (Å²) in [6, 6.07) is 16.6. The van der Waals surface area contributed by atoms with E-state index in [2.05, 4.69) is 16.0 Å². The van der Waals surface area contributed by atoms with E-state index < -0.39 is 18.0 Å². The van der Waals surface area contributed by atoms with E-state index in [1.54, 1.807) is 30.3 Å².